The summed E-state index contributed by atoms with van der Waals surface area (Å²) in [6, 6.07) is 9.92. The van der Waals surface area contributed by atoms with Crippen LogP contribution in [0.4, 0.5) is 15.2 Å². The fourth-order valence-electron chi connectivity index (χ4n) is 2.12. The molecule has 0 unspecified atom stereocenters. The van der Waals surface area contributed by atoms with Gasteiger partial charge in [0.25, 0.3) is 11.6 Å². The van der Waals surface area contributed by atoms with Crippen molar-refractivity contribution < 1.29 is 14.1 Å². The van der Waals surface area contributed by atoms with Gasteiger partial charge in [0.05, 0.1) is 21.2 Å². The van der Waals surface area contributed by atoms with Crippen LogP contribution in [0.25, 0.3) is 11.3 Å². The molecule has 6 nitrogen and oxygen atoms in total. The molecule has 1 N–H and O–H groups in total. The predicted molar refractivity (Wildman–Crippen MR) is 93.6 cm³/mol. The molecule has 1 amide bonds. The standard InChI is InChI=1S/C16H9ClFN3O3S/c17-11-5-2-6-12(18)14(11)15(22)20-16-19-13(8-25-16)9-3-1-4-10(7-9)21(23)24/h1-8H,(H,19,20,22). The number of non-ortho nitro benzene ring substituents is 1. The van der Waals surface area contributed by atoms with Crippen LogP contribution < -0.4 is 5.32 Å². The van der Waals surface area contributed by atoms with E-state index in [1.165, 1.54) is 24.3 Å². The third-order valence-electron chi connectivity index (χ3n) is 3.27. The molecule has 0 aliphatic heterocycles. The Balaban J connectivity index is 1.84. The first-order valence-corrected chi connectivity index (χ1v) is 8.17. The zero-order valence-corrected chi connectivity index (χ0v) is 14.0. The van der Waals surface area contributed by atoms with Crippen molar-refractivity contribution >= 4 is 39.7 Å². The topological polar surface area (TPSA) is 85.1 Å². The maximum absolute atomic E-state index is 13.8. The monoisotopic (exact) mass is 377 g/mol. The lowest BCUT2D eigenvalue weighted by Crippen LogP contribution is -2.14. The van der Waals surface area contributed by atoms with Crippen molar-refractivity contribution in [2.75, 3.05) is 5.32 Å². The number of nitro benzene ring substituents is 1. The molecule has 25 heavy (non-hydrogen) atoms. The van der Waals surface area contributed by atoms with E-state index in [9.17, 15) is 19.3 Å². The molecule has 0 saturated heterocycles. The van der Waals surface area contributed by atoms with Crippen molar-refractivity contribution in [1.29, 1.82) is 0 Å². The van der Waals surface area contributed by atoms with Gasteiger partial charge in [0, 0.05) is 23.1 Å². The van der Waals surface area contributed by atoms with Crippen molar-refractivity contribution in [3.8, 4) is 11.3 Å². The zero-order chi connectivity index (χ0) is 18.0. The first kappa shape index (κ1) is 17.0. The average Bonchev–Trinajstić information content (AvgIpc) is 3.03. The third kappa shape index (κ3) is 3.65. The van der Waals surface area contributed by atoms with Gasteiger partial charge in [-0.05, 0) is 12.1 Å². The lowest BCUT2D eigenvalue weighted by Gasteiger charge is -2.05. The smallest absolute Gasteiger partial charge is 0.270 e. The number of carbonyl (C=O) groups is 1. The molecular weight excluding hydrogens is 369 g/mol. The Morgan fingerprint density at radius 2 is 2.04 bits per heavy atom. The highest BCUT2D eigenvalue weighted by Crippen LogP contribution is 2.28. The van der Waals surface area contributed by atoms with Gasteiger partial charge in [-0.15, -0.1) is 11.3 Å². The number of nitrogens with zero attached hydrogens (tertiary/aromatic N) is 2. The van der Waals surface area contributed by atoms with Crippen molar-refractivity contribution in [3.63, 3.8) is 0 Å². The summed E-state index contributed by atoms with van der Waals surface area (Å²) in [5.41, 5.74) is 0.670. The van der Waals surface area contributed by atoms with Gasteiger partial charge in [-0.25, -0.2) is 9.37 Å². The van der Waals surface area contributed by atoms with E-state index >= 15 is 0 Å². The second kappa shape index (κ2) is 6.96. The largest absolute Gasteiger partial charge is 0.298 e. The summed E-state index contributed by atoms with van der Waals surface area (Å²) in [6.07, 6.45) is 0. The number of anilines is 1. The van der Waals surface area contributed by atoms with E-state index in [4.69, 9.17) is 11.6 Å². The number of hydrogen-bond donors (Lipinski definition) is 1. The Kier molecular flexibility index (Phi) is 4.73. The van der Waals surface area contributed by atoms with Gasteiger partial charge in [-0.3, -0.25) is 20.2 Å². The highest BCUT2D eigenvalue weighted by molar-refractivity contribution is 7.14. The Bertz CT molecular complexity index is 957. The number of nitrogens with one attached hydrogen (secondary N) is 1. The maximum atomic E-state index is 13.8. The molecule has 0 aliphatic carbocycles. The number of hydrogen-bond acceptors (Lipinski definition) is 5. The summed E-state index contributed by atoms with van der Waals surface area (Å²) in [5, 5.41) is 15.2. The van der Waals surface area contributed by atoms with Gasteiger partial charge in [0.15, 0.2) is 5.13 Å². The summed E-state index contributed by atoms with van der Waals surface area (Å²) in [4.78, 5) is 26.7. The quantitative estimate of drug-likeness (QED) is 0.524. The summed E-state index contributed by atoms with van der Waals surface area (Å²) < 4.78 is 13.8. The Labute approximate surface area is 150 Å². The van der Waals surface area contributed by atoms with Crippen LogP contribution in [0, 0.1) is 15.9 Å². The van der Waals surface area contributed by atoms with Crippen molar-refractivity contribution in [2.24, 2.45) is 0 Å². The number of nitro groups is 1. The molecule has 0 saturated carbocycles. The number of thiazole rings is 1. The minimum absolute atomic E-state index is 0.00652. The number of carbonyl (C=O) groups excluding carboxylic acids is 1. The number of benzene rings is 2. The summed E-state index contributed by atoms with van der Waals surface area (Å²) in [5.74, 6) is -1.46. The van der Waals surface area contributed by atoms with Crippen LogP contribution in [-0.2, 0) is 0 Å². The SMILES string of the molecule is O=C(Nc1nc(-c2cccc([N+](=O)[O-])c2)cs1)c1c(F)cccc1Cl. The van der Waals surface area contributed by atoms with Crippen LogP contribution >= 0.6 is 22.9 Å². The Hall–Kier alpha value is -2.84. The third-order valence-corrected chi connectivity index (χ3v) is 4.34. The molecule has 9 heteroatoms. The van der Waals surface area contributed by atoms with E-state index in [1.54, 1.807) is 17.5 Å². The second-order valence-corrected chi connectivity index (χ2v) is 6.16. The molecule has 0 spiro atoms. The minimum Gasteiger partial charge on any atom is -0.298 e. The number of aromatic nitrogens is 1. The molecule has 126 valence electrons. The highest BCUT2D eigenvalue weighted by Gasteiger charge is 2.17. The number of amides is 1. The molecule has 3 rings (SSSR count). The van der Waals surface area contributed by atoms with Gasteiger partial charge < -0.3 is 0 Å². The molecule has 3 aromatic rings. The lowest BCUT2D eigenvalue weighted by atomic mass is 10.1. The Morgan fingerprint density at radius 1 is 1.28 bits per heavy atom. The number of halogens is 2. The lowest BCUT2D eigenvalue weighted by molar-refractivity contribution is -0.384. The van der Waals surface area contributed by atoms with Crippen molar-refractivity contribution in [3.05, 3.63) is 74.4 Å². The summed E-state index contributed by atoms with van der Waals surface area (Å²) in [6.45, 7) is 0. The van der Waals surface area contributed by atoms with E-state index in [1.807, 2.05) is 0 Å². The van der Waals surface area contributed by atoms with Crippen LogP contribution in [0.15, 0.2) is 47.8 Å². The van der Waals surface area contributed by atoms with Gasteiger partial charge in [-0.1, -0.05) is 29.8 Å². The summed E-state index contributed by atoms with van der Waals surface area (Å²) in [7, 11) is 0. The molecule has 0 atom stereocenters. The van der Waals surface area contributed by atoms with Gasteiger partial charge in [0.1, 0.15) is 5.82 Å². The fourth-order valence-corrected chi connectivity index (χ4v) is 3.08. The van der Waals surface area contributed by atoms with Crippen LogP contribution in [0.3, 0.4) is 0 Å². The zero-order valence-electron chi connectivity index (χ0n) is 12.4. The van der Waals surface area contributed by atoms with Gasteiger partial charge >= 0.3 is 0 Å². The minimum atomic E-state index is -0.736. The van der Waals surface area contributed by atoms with Crippen LogP contribution in [0.2, 0.25) is 5.02 Å². The Morgan fingerprint density at radius 3 is 2.76 bits per heavy atom. The van der Waals surface area contributed by atoms with Crippen LogP contribution in [0.1, 0.15) is 10.4 Å². The molecular formula is C16H9ClFN3O3S. The number of rotatable bonds is 4. The van der Waals surface area contributed by atoms with Crippen molar-refractivity contribution in [2.45, 2.75) is 0 Å². The predicted octanol–water partition coefficient (Wildman–Crippen LogP) is 4.76. The second-order valence-electron chi connectivity index (χ2n) is 4.90. The van der Waals surface area contributed by atoms with E-state index in [0.717, 1.165) is 17.4 Å². The first-order valence-electron chi connectivity index (χ1n) is 6.91. The van der Waals surface area contributed by atoms with Gasteiger partial charge in [0.2, 0.25) is 0 Å². The molecule has 0 fully saturated rings. The average molecular weight is 378 g/mol. The van der Waals surface area contributed by atoms with E-state index in [-0.39, 0.29) is 21.4 Å². The van der Waals surface area contributed by atoms with Crippen LogP contribution in [0.5, 0.6) is 0 Å². The molecule has 0 aliphatic rings. The van der Waals surface area contributed by atoms with Crippen LogP contribution in [-0.4, -0.2) is 15.8 Å². The van der Waals surface area contributed by atoms with Crippen molar-refractivity contribution in [1.82, 2.24) is 4.98 Å². The van der Waals surface area contributed by atoms with E-state index in [2.05, 4.69) is 10.3 Å². The highest BCUT2D eigenvalue weighted by atomic mass is 35.5. The normalized spacial score (nSPS) is 10.5. The maximum Gasteiger partial charge on any atom is 0.270 e. The molecule has 1 aromatic heterocycles. The molecule has 0 radical (unpaired) electrons. The molecule has 1 heterocycles. The van der Waals surface area contributed by atoms with E-state index < -0.39 is 16.6 Å². The van der Waals surface area contributed by atoms with Gasteiger partial charge in [-0.2, -0.15) is 0 Å². The molecule has 2 aromatic carbocycles. The van der Waals surface area contributed by atoms with E-state index in [0.29, 0.717) is 11.3 Å². The molecule has 0 bridgehead atoms. The summed E-state index contributed by atoms with van der Waals surface area (Å²) >= 11 is 6.97. The fraction of sp³-hybridized carbons (Fsp3) is 0. The first-order chi connectivity index (χ1) is 12.0.